The lowest BCUT2D eigenvalue weighted by Crippen LogP contribution is -2.06. The van der Waals surface area contributed by atoms with Crippen LogP contribution in [-0.2, 0) is 6.18 Å². The molecule has 1 aromatic heterocycles. The van der Waals surface area contributed by atoms with E-state index in [9.17, 15) is 13.2 Å². The van der Waals surface area contributed by atoms with Gasteiger partial charge in [0.2, 0.25) is 5.95 Å². The zero-order chi connectivity index (χ0) is 14.2. The number of nitrogens with two attached hydrogens (primary N) is 1. The maximum Gasteiger partial charge on any atom is 0.416 e. The van der Waals surface area contributed by atoms with Crippen molar-refractivity contribution in [3.8, 4) is 11.3 Å². The lowest BCUT2D eigenvalue weighted by molar-refractivity contribution is -0.137. The second-order valence-corrected chi connectivity index (χ2v) is 4.29. The van der Waals surface area contributed by atoms with Gasteiger partial charge in [0, 0.05) is 11.8 Å². The summed E-state index contributed by atoms with van der Waals surface area (Å²) in [6.07, 6.45) is -2.79. The number of aryl methyl sites for hydroxylation is 2. The quantitative estimate of drug-likeness (QED) is 0.861. The Hall–Kier alpha value is -2.11. The van der Waals surface area contributed by atoms with Crippen molar-refractivity contribution in [2.24, 2.45) is 0 Å². The predicted molar refractivity (Wildman–Crippen MR) is 66.4 cm³/mol. The van der Waals surface area contributed by atoms with Gasteiger partial charge in [-0.25, -0.2) is 9.97 Å². The first-order valence-corrected chi connectivity index (χ1v) is 5.56. The molecular weight excluding hydrogens is 255 g/mol. The Morgan fingerprint density at radius 3 is 2.37 bits per heavy atom. The Morgan fingerprint density at radius 1 is 1.11 bits per heavy atom. The second kappa shape index (κ2) is 4.53. The van der Waals surface area contributed by atoms with E-state index in [-0.39, 0.29) is 5.95 Å². The average Bonchev–Trinajstić information content (AvgIpc) is 2.31. The van der Waals surface area contributed by atoms with Crippen molar-refractivity contribution in [3.05, 3.63) is 41.1 Å². The van der Waals surface area contributed by atoms with Crippen LogP contribution in [0.2, 0.25) is 0 Å². The van der Waals surface area contributed by atoms with Crippen molar-refractivity contribution in [2.45, 2.75) is 20.0 Å². The van der Waals surface area contributed by atoms with E-state index >= 15 is 0 Å². The van der Waals surface area contributed by atoms with Gasteiger partial charge in [0.25, 0.3) is 0 Å². The van der Waals surface area contributed by atoms with Gasteiger partial charge in [-0.15, -0.1) is 0 Å². The minimum absolute atomic E-state index is 0.0971. The molecule has 0 atom stereocenters. The maximum atomic E-state index is 12.6. The molecule has 0 saturated carbocycles. The summed E-state index contributed by atoms with van der Waals surface area (Å²) in [7, 11) is 0. The zero-order valence-corrected chi connectivity index (χ0v) is 10.4. The van der Waals surface area contributed by atoms with Crippen LogP contribution >= 0.6 is 0 Å². The molecule has 100 valence electrons. The van der Waals surface area contributed by atoms with Crippen LogP contribution in [0.1, 0.15) is 16.7 Å². The van der Waals surface area contributed by atoms with Crippen LogP contribution in [0.3, 0.4) is 0 Å². The molecule has 19 heavy (non-hydrogen) atoms. The van der Waals surface area contributed by atoms with Gasteiger partial charge in [0.05, 0.1) is 11.3 Å². The third kappa shape index (κ3) is 2.67. The van der Waals surface area contributed by atoms with Crippen molar-refractivity contribution in [1.82, 2.24) is 9.97 Å². The molecule has 0 unspecified atom stereocenters. The highest BCUT2D eigenvalue weighted by Gasteiger charge is 2.30. The van der Waals surface area contributed by atoms with E-state index in [2.05, 4.69) is 9.97 Å². The molecule has 2 rings (SSSR count). The summed E-state index contributed by atoms with van der Waals surface area (Å²) in [5, 5.41) is 0. The summed E-state index contributed by atoms with van der Waals surface area (Å²) in [5.74, 6) is 0.0971. The van der Waals surface area contributed by atoms with E-state index < -0.39 is 11.7 Å². The van der Waals surface area contributed by atoms with E-state index in [4.69, 9.17) is 5.73 Å². The SMILES string of the molecule is Cc1cc(C(F)(F)F)ccc1-c1nc(N)ncc1C. The summed E-state index contributed by atoms with van der Waals surface area (Å²) in [5.41, 5.74) is 7.28. The first kappa shape index (κ1) is 13.3. The lowest BCUT2D eigenvalue weighted by atomic mass is 10.00. The highest BCUT2D eigenvalue weighted by Crippen LogP contribution is 2.33. The first-order valence-electron chi connectivity index (χ1n) is 5.56. The van der Waals surface area contributed by atoms with E-state index in [0.29, 0.717) is 16.8 Å². The van der Waals surface area contributed by atoms with Crippen LogP contribution in [-0.4, -0.2) is 9.97 Å². The molecule has 3 nitrogen and oxygen atoms in total. The molecule has 2 N–H and O–H groups in total. The number of nitrogens with zero attached hydrogens (tertiary/aromatic N) is 2. The highest BCUT2D eigenvalue weighted by atomic mass is 19.4. The van der Waals surface area contributed by atoms with Crippen molar-refractivity contribution < 1.29 is 13.2 Å². The van der Waals surface area contributed by atoms with Crippen LogP contribution in [0, 0.1) is 13.8 Å². The van der Waals surface area contributed by atoms with Gasteiger partial charge in [0.1, 0.15) is 0 Å². The molecule has 0 aliphatic carbocycles. The summed E-state index contributed by atoms with van der Waals surface area (Å²) in [6, 6.07) is 3.56. The molecule has 0 aliphatic rings. The monoisotopic (exact) mass is 267 g/mol. The Balaban J connectivity index is 2.55. The average molecular weight is 267 g/mol. The summed E-state index contributed by atoms with van der Waals surface area (Å²) >= 11 is 0. The normalized spacial score (nSPS) is 11.6. The Morgan fingerprint density at radius 2 is 1.79 bits per heavy atom. The van der Waals surface area contributed by atoms with Crippen LogP contribution in [0.25, 0.3) is 11.3 Å². The number of anilines is 1. The van der Waals surface area contributed by atoms with Gasteiger partial charge >= 0.3 is 6.18 Å². The second-order valence-electron chi connectivity index (χ2n) is 4.29. The topological polar surface area (TPSA) is 51.8 Å². The predicted octanol–water partition coefficient (Wildman–Crippen LogP) is 3.36. The third-order valence-electron chi connectivity index (χ3n) is 2.80. The maximum absolute atomic E-state index is 12.6. The molecule has 6 heteroatoms. The molecule has 0 saturated heterocycles. The minimum Gasteiger partial charge on any atom is -0.368 e. The number of aromatic nitrogens is 2. The van der Waals surface area contributed by atoms with Gasteiger partial charge in [-0.3, -0.25) is 0 Å². The molecule has 1 aromatic carbocycles. The molecule has 0 bridgehead atoms. The number of rotatable bonds is 1. The number of hydrogen-bond acceptors (Lipinski definition) is 3. The number of hydrogen-bond donors (Lipinski definition) is 1. The summed E-state index contributed by atoms with van der Waals surface area (Å²) in [6.45, 7) is 3.40. The molecule has 2 aromatic rings. The van der Waals surface area contributed by atoms with Crippen molar-refractivity contribution >= 4 is 5.95 Å². The number of nitrogen functional groups attached to an aromatic ring is 1. The Kier molecular flexibility index (Phi) is 3.18. The molecular formula is C13H12F3N3. The first-order chi connectivity index (χ1) is 8.79. The van der Waals surface area contributed by atoms with Crippen LogP contribution in [0.15, 0.2) is 24.4 Å². The molecule has 0 fully saturated rings. The fourth-order valence-corrected chi connectivity index (χ4v) is 1.83. The Bertz CT molecular complexity index is 621. The molecule has 1 heterocycles. The van der Waals surface area contributed by atoms with Gasteiger partial charge in [0.15, 0.2) is 0 Å². The Labute approximate surface area is 108 Å². The molecule has 0 aliphatic heterocycles. The zero-order valence-electron chi connectivity index (χ0n) is 10.4. The van der Waals surface area contributed by atoms with Crippen molar-refractivity contribution in [1.29, 1.82) is 0 Å². The molecule has 0 amide bonds. The smallest absolute Gasteiger partial charge is 0.368 e. The number of benzene rings is 1. The summed E-state index contributed by atoms with van der Waals surface area (Å²) < 4.78 is 37.8. The van der Waals surface area contributed by atoms with Gasteiger partial charge < -0.3 is 5.73 Å². The van der Waals surface area contributed by atoms with E-state index in [0.717, 1.165) is 17.7 Å². The van der Waals surface area contributed by atoms with E-state index in [1.807, 2.05) is 0 Å². The van der Waals surface area contributed by atoms with Gasteiger partial charge in [-0.2, -0.15) is 13.2 Å². The number of alkyl halides is 3. The van der Waals surface area contributed by atoms with Gasteiger partial charge in [-0.05, 0) is 37.1 Å². The molecule has 0 radical (unpaired) electrons. The fourth-order valence-electron chi connectivity index (χ4n) is 1.83. The minimum atomic E-state index is -4.34. The number of halogens is 3. The van der Waals surface area contributed by atoms with Crippen LogP contribution in [0.4, 0.5) is 19.1 Å². The lowest BCUT2D eigenvalue weighted by Gasteiger charge is -2.12. The van der Waals surface area contributed by atoms with Crippen LogP contribution < -0.4 is 5.73 Å². The summed E-state index contributed by atoms with van der Waals surface area (Å²) in [4.78, 5) is 7.92. The van der Waals surface area contributed by atoms with E-state index in [1.54, 1.807) is 20.0 Å². The highest BCUT2D eigenvalue weighted by molar-refractivity contribution is 5.67. The van der Waals surface area contributed by atoms with Crippen molar-refractivity contribution in [3.63, 3.8) is 0 Å². The fraction of sp³-hybridized carbons (Fsp3) is 0.231. The third-order valence-corrected chi connectivity index (χ3v) is 2.80. The molecule has 0 spiro atoms. The van der Waals surface area contributed by atoms with Crippen LogP contribution in [0.5, 0.6) is 0 Å². The standard InChI is InChI=1S/C13H12F3N3/c1-7-5-9(13(14,15)16)3-4-10(7)11-8(2)6-18-12(17)19-11/h3-6H,1-2H3,(H2,17,18,19). The van der Waals surface area contributed by atoms with Crippen molar-refractivity contribution in [2.75, 3.05) is 5.73 Å². The van der Waals surface area contributed by atoms with Gasteiger partial charge in [-0.1, -0.05) is 6.07 Å². The largest absolute Gasteiger partial charge is 0.416 e. The van der Waals surface area contributed by atoms with E-state index in [1.165, 1.54) is 6.07 Å².